The minimum atomic E-state index is -0.429. The fraction of sp³-hybridized carbons (Fsp3) is 0.714. The number of fused-ring (bicyclic) bond motifs is 1. The van der Waals surface area contributed by atoms with Crippen LogP contribution in [0.15, 0.2) is 6.33 Å². The number of carbonyl (C=O) groups excluding carboxylic acids is 1. The van der Waals surface area contributed by atoms with Crippen molar-refractivity contribution in [1.29, 1.82) is 0 Å². The van der Waals surface area contributed by atoms with Crippen LogP contribution in [0.2, 0.25) is 0 Å². The van der Waals surface area contributed by atoms with E-state index in [1.807, 2.05) is 4.57 Å². The van der Waals surface area contributed by atoms with E-state index in [1.165, 1.54) is 19.4 Å². The van der Waals surface area contributed by atoms with E-state index in [9.17, 15) is 4.79 Å². The maximum Gasteiger partial charge on any atom is 0.360 e. The molecule has 3 rings (SSSR count). The Morgan fingerprint density at radius 1 is 1.45 bits per heavy atom. The number of anilines is 1. The van der Waals surface area contributed by atoms with Crippen molar-refractivity contribution in [3.05, 3.63) is 12.0 Å². The number of nitrogens with two attached hydrogens (primary N) is 1. The van der Waals surface area contributed by atoms with Crippen molar-refractivity contribution in [3.8, 4) is 0 Å². The number of hydrogen-bond acceptors (Lipinski definition) is 5. The average Bonchev–Trinajstić information content (AvgIpc) is 3.04. The van der Waals surface area contributed by atoms with Crippen molar-refractivity contribution < 1.29 is 9.53 Å². The first-order valence-corrected chi connectivity index (χ1v) is 7.44. The Bertz CT molecular complexity index is 499. The maximum atomic E-state index is 11.8. The molecule has 110 valence electrons. The van der Waals surface area contributed by atoms with E-state index in [-0.39, 0.29) is 5.69 Å². The standard InChI is InChI=1S/C14H22N4O2/c1-2-20-14(19)12-13(15)18(9-16-12)11-5-7-17-6-3-4-10(17)8-11/h9-11H,2-8,15H2,1H3. The van der Waals surface area contributed by atoms with Gasteiger partial charge in [0, 0.05) is 18.6 Å². The van der Waals surface area contributed by atoms with E-state index in [2.05, 4.69) is 9.88 Å². The molecule has 0 aliphatic carbocycles. The Kier molecular flexibility index (Phi) is 3.65. The molecule has 2 fully saturated rings. The number of aromatic nitrogens is 2. The second-order valence-electron chi connectivity index (χ2n) is 5.62. The van der Waals surface area contributed by atoms with Gasteiger partial charge < -0.3 is 19.9 Å². The lowest BCUT2D eigenvalue weighted by molar-refractivity contribution is 0.0521. The highest BCUT2D eigenvalue weighted by molar-refractivity contribution is 5.92. The zero-order chi connectivity index (χ0) is 14.1. The number of carbonyl (C=O) groups is 1. The molecule has 0 bridgehead atoms. The second-order valence-corrected chi connectivity index (χ2v) is 5.62. The first kappa shape index (κ1) is 13.4. The fourth-order valence-electron chi connectivity index (χ4n) is 3.47. The maximum absolute atomic E-state index is 11.8. The van der Waals surface area contributed by atoms with Gasteiger partial charge in [0.25, 0.3) is 0 Å². The number of rotatable bonds is 3. The highest BCUT2D eigenvalue weighted by Crippen LogP contribution is 2.34. The lowest BCUT2D eigenvalue weighted by Gasteiger charge is -2.35. The summed E-state index contributed by atoms with van der Waals surface area (Å²) in [4.78, 5) is 18.5. The van der Waals surface area contributed by atoms with Crippen molar-refractivity contribution in [3.63, 3.8) is 0 Å². The summed E-state index contributed by atoms with van der Waals surface area (Å²) < 4.78 is 6.94. The largest absolute Gasteiger partial charge is 0.461 e. The first-order valence-electron chi connectivity index (χ1n) is 7.44. The average molecular weight is 278 g/mol. The number of imidazole rings is 1. The Balaban J connectivity index is 1.76. The molecule has 6 heteroatoms. The summed E-state index contributed by atoms with van der Waals surface area (Å²) in [5.74, 6) is 0.0157. The third-order valence-electron chi connectivity index (χ3n) is 4.49. The SMILES string of the molecule is CCOC(=O)c1ncn(C2CCN3CCCC3C2)c1N. The Hall–Kier alpha value is -1.56. The van der Waals surface area contributed by atoms with Crippen LogP contribution in [0, 0.1) is 0 Å². The van der Waals surface area contributed by atoms with Crippen LogP contribution in [-0.4, -0.2) is 46.2 Å². The van der Waals surface area contributed by atoms with E-state index >= 15 is 0 Å². The predicted octanol–water partition coefficient (Wildman–Crippen LogP) is 1.44. The van der Waals surface area contributed by atoms with Gasteiger partial charge in [-0.05, 0) is 39.2 Å². The van der Waals surface area contributed by atoms with E-state index in [0.717, 1.165) is 19.4 Å². The summed E-state index contributed by atoms with van der Waals surface area (Å²) in [6.07, 6.45) is 6.43. The molecule has 2 saturated heterocycles. The Morgan fingerprint density at radius 3 is 3.10 bits per heavy atom. The zero-order valence-electron chi connectivity index (χ0n) is 11.9. The van der Waals surface area contributed by atoms with Gasteiger partial charge in [-0.15, -0.1) is 0 Å². The molecule has 2 unspecified atom stereocenters. The van der Waals surface area contributed by atoms with Crippen LogP contribution in [0.4, 0.5) is 5.82 Å². The number of nitrogens with zero attached hydrogens (tertiary/aromatic N) is 3. The molecule has 1 aromatic heterocycles. The van der Waals surface area contributed by atoms with Crippen LogP contribution in [0.5, 0.6) is 0 Å². The summed E-state index contributed by atoms with van der Waals surface area (Å²) in [5.41, 5.74) is 6.34. The van der Waals surface area contributed by atoms with Crippen LogP contribution < -0.4 is 5.73 Å². The fourth-order valence-corrected chi connectivity index (χ4v) is 3.47. The van der Waals surface area contributed by atoms with Gasteiger partial charge >= 0.3 is 5.97 Å². The molecule has 1 aromatic rings. The van der Waals surface area contributed by atoms with Crippen LogP contribution in [0.3, 0.4) is 0 Å². The highest BCUT2D eigenvalue weighted by Gasteiger charge is 2.33. The quantitative estimate of drug-likeness (QED) is 0.847. The number of nitrogen functional groups attached to an aromatic ring is 1. The Morgan fingerprint density at radius 2 is 2.30 bits per heavy atom. The molecule has 0 radical (unpaired) electrons. The monoisotopic (exact) mass is 278 g/mol. The smallest absolute Gasteiger partial charge is 0.360 e. The molecular formula is C14H22N4O2. The van der Waals surface area contributed by atoms with Crippen molar-refractivity contribution in [2.24, 2.45) is 0 Å². The first-order chi connectivity index (χ1) is 9.70. The molecule has 3 heterocycles. The van der Waals surface area contributed by atoms with Gasteiger partial charge in [-0.3, -0.25) is 0 Å². The summed E-state index contributed by atoms with van der Waals surface area (Å²) in [5, 5.41) is 0. The van der Waals surface area contributed by atoms with E-state index in [0.29, 0.717) is 24.5 Å². The van der Waals surface area contributed by atoms with E-state index in [1.54, 1.807) is 13.3 Å². The molecule has 0 aromatic carbocycles. The molecule has 2 N–H and O–H groups in total. The number of ether oxygens (including phenoxy) is 1. The van der Waals surface area contributed by atoms with Gasteiger partial charge in [0.05, 0.1) is 12.9 Å². The highest BCUT2D eigenvalue weighted by atomic mass is 16.5. The van der Waals surface area contributed by atoms with Crippen LogP contribution in [0.25, 0.3) is 0 Å². The van der Waals surface area contributed by atoms with Crippen molar-refractivity contribution in [2.45, 2.75) is 44.7 Å². The van der Waals surface area contributed by atoms with Crippen molar-refractivity contribution >= 4 is 11.8 Å². The number of hydrogen-bond donors (Lipinski definition) is 1. The third-order valence-corrected chi connectivity index (χ3v) is 4.49. The van der Waals surface area contributed by atoms with Crippen molar-refractivity contribution in [1.82, 2.24) is 14.5 Å². The lowest BCUT2D eigenvalue weighted by atomic mass is 9.97. The molecule has 2 aliphatic rings. The minimum Gasteiger partial charge on any atom is -0.461 e. The van der Waals surface area contributed by atoms with E-state index < -0.39 is 5.97 Å². The van der Waals surface area contributed by atoms with Gasteiger partial charge in [0.2, 0.25) is 0 Å². The van der Waals surface area contributed by atoms with Gasteiger partial charge in [-0.2, -0.15) is 0 Å². The third kappa shape index (κ3) is 2.28. The lowest BCUT2D eigenvalue weighted by Crippen LogP contribution is -2.38. The summed E-state index contributed by atoms with van der Waals surface area (Å²) >= 11 is 0. The molecule has 20 heavy (non-hydrogen) atoms. The molecule has 0 amide bonds. The second kappa shape index (κ2) is 5.44. The van der Waals surface area contributed by atoms with Gasteiger partial charge in [-0.1, -0.05) is 0 Å². The zero-order valence-corrected chi connectivity index (χ0v) is 11.9. The van der Waals surface area contributed by atoms with Crippen LogP contribution in [-0.2, 0) is 4.74 Å². The molecule has 2 aliphatic heterocycles. The topological polar surface area (TPSA) is 73.4 Å². The van der Waals surface area contributed by atoms with Crippen LogP contribution >= 0.6 is 0 Å². The summed E-state index contributed by atoms with van der Waals surface area (Å²) in [6.45, 7) is 4.46. The van der Waals surface area contributed by atoms with Gasteiger partial charge in [0.1, 0.15) is 5.82 Å². The summed E-state index contributed by atoms with van der Waals surface area (Å²) in [6, 6.07) is 1.02. The molecular weight excluding hydrogens is 256 g/mol. The molecule has 0 spiro atoms. The van der Waals surface area contributed by atoms with Crippen LogP contribution in [0.1, 0.15) is 49.1 Å². The number of esters is 1. The normalized spacial score (nSPS) is 26.4. The molecule has 0 saturated carbocycles. The van der Waals surface area contributed by atoms with E-state index in [4.69, 9.17) is 10.5 Å². The van der Waals surface area contributed by atoms with Gasteiger partial charge in [0.15, 0.2) is 5.69 Å². The van der Waals surface area contributed by atoms with Gasteiger partial charge in [-0.25, -0.2) is 9.78 Å². The molecule has 2 atom stereocenters. The molecule has 6 nitrogen and oxygen atoms in total. The Labute approximate surface area is 118 Å². The predicted molar refractivity (Wildman–Crippen MR) is 75.5 cm³/mol. The summed E-state index contributed by atoms with van der Waals surface area (Å²) in [7, 11) is 0. The number of piperidine rings is 1. The van der Waals surface area contributed by atoms with Crippen molar-refractivity contribution in [2.75, 3.05) is 25.4 Å². The minimum absolute atomic E-state index is 0.251.